The van der Waals surface area contributed by atoms with Gasteiger partial charge in [-0.1, -0.05) is 48.5 Å². The van der Waals surface area contributed by atoms with E-state index in [1.165, 1.54) is 67.3 Å². The van der Waals surface area contributed by atoms with E-state index in [9.17, 15) is 0 Å². The molecule has 6 rings (SSSR count). The van der Waals surface area contributed by atoms with Gasteiger partial charge in [-0.05, 0) is 82.6 Å². The molecule has 0 unspecified atom stereocenters. The smallest absolute Gasteiger partial charge is 0.0447 e. The van der Waals surface area contributed by atoms with Gasteiger partial charge in [0.05, 0.1) is 0 Å². The van der Waals surface area contributed by atoms with E-state index in [1.807, 2.05) is 0 Å². The number of anilines is 4. The second-order valence-electron chi connectivity index (χ2n) is 11.3. The predicted octanol–water partition coefficient (Wildman–Crippen LogP) is 7.14. The first-order valence-electron chi connectivity index (χ1n) is 13.6. The molecule has 0 radical (unpaired) electrons. The van der Waals surface area contributed by atoms with E-state index in [0.717, 1.165) is 26.2 Å². The zero-order chi connectivity index (χ0) is 26.6. The highest BCUT2D eigenvalue weighted by molar-refractivity contribution is 5.75. The molecule has 0 aliphatic carbocycles. The highest BCUT2D eigenvalue weighted by atomic mass is 15.2. The van der Waals surface area contributed by atoms with Crippen LogP contribution < -0.4 is 19.6 Å². The Morgan fingerprint density at radius 2 is 0.842 bits per heavy atom. The Kier molecular flexibility index (Phi) is 6.06. The van der Waals surface area contributed by atoms with Crippen molar-refractivity contribution in [2.45, 2.75) is 40.0 Å². The van der Waals surface area contributed by atoms with Gasteiger partial charge in [-0.2, -0.15) is 0 Å². The Labute approximate surface area is 227 Å². The molecule has 0 aromatic heterocycles. The summed E-state index contributed by atoms with van der Waals surface area (Å²) in [6, 6.07) is 27.4. The van der Waals surface area contributed by atoms with Crippen molar-refractivity contribution < 1.29 is 0 Å². The van der Waals surface area contributed by atoms with Crippen LogP contribution in [0, 0.1) is 13.8 Å². The van der Waals surface area contributed by atoms with Crippen molar-refractivity contribution in [3.63, 3.8) is 0 Å². The number of benzene rings is 4. The maximum atomic E-state index is 2.42. The van der Waals surface area contributed by atoms with E-state index in [-0.39, 0.29) is 0 Å². The Hall–Kier alpha value is -3.92. The number of para-hydroxylation sites is 2. The monoisotopic (exact) mass is 502 g/mol. The van der Waals surface area contributed by atoms with Crippen molar-refractivity contribution in [3.8, 4) is 11.1 Å². The molecule has 0 N–H and O–H groups in total. The average molecular weight is 503 g/mol. The topological polar surface area (TPSA) is 13.0 Å². The molecule has 2 aliphatic heterocycles. The predicted molar refractivity (Wildman–Crippen MR) is 163 cm³/mol. The molecule has 4 heteroatoms. The van der Waals surface area contributed by atoms with Gasteiger partial charge in [-0.25, -0.2) is 0 Å². The van der Waals surface area contributed by atoms with Gasteiger partial charge in [-0.3, -0.25) is 0 Å². The van der Waals surface area contributed by atoms with Gasteiger partial charge >= 0.3 is 0 Å². The number of aryl methyl sites for hydroxylation is 2. The molecule has 0 saturated heterocycles. The highest BCUT2D eigenvalue weighted by Crippen LogP contribution is 2.38. The first-order chi connectivity index (χ1) is 18.3. The van der Waals surface area contributed by atoms with Gasteiger partial charge in [0.1, 0.15) is 0 Å². The van der Waals surface area contributed by atoms with Crippen molar-refractivity contribution >= 4 is 22.7 Å². The van der Waals surface area contributed by atoms with Crippen molar-refractivity contribution in [2.75, 3.05) is 47.8 Å². The van der Waals surface area contributed by atoms with E-state index >= 15 is 0 Å². The first-order valence-corrected chi connectivity index (χ1v) is 13.6. The van der Waals surface area contributed by atoms with Gasteiger partial charge < -0.3 is 19.6 Å². The summed E-state index contributed by atoms with van der Waals surface area (Å²) in [6.07, 6.45) is 0. The minimum atomic E-state index is 0.887. The zero-order valence-electron chi connectivity index (χ0n) is 23.5. The normalized spacial score (nSPS) is 15.0. The number of hydrogen-bond donors (Lipinski definition) is 0. The fourth-order valence-electron chi connectivity index (χ4n) is 6.67. The quantitative estimate of drug-likeness (QED) is 0.274. The molecular weight excluding hydrogens is 464 g/mol. The van der Waals surface area contributed by atoms with Gasteiger partial charge in [0.15, 0.2) is 0 Å². The van der Waals surface area contributed by atoms with Crippen molar-refractivity contribution in [1.29, 1.82) is 0 Å². The summed E-state index contributed by atoms with van der Waals surface area (Å²) in [7, 11) is 8.88. The molecule has 2 aliphatic rings. The molecule has 0 spiro atoms. The lowest BCUT2D eigenvalue weighted by atomic mass is 9.96. The number of fused-ring (bicyclic) bond motifs is 4. The molecule has 0 fully saturated rings. The standard InChI is InChI=1S/C34H38N4/c1-23-9-7-11-27-19-35(3)31-15-13-25(17-29(31)21-37(5)33(23)27)26-14-16-32-30(18-26)22-38(6)34-24(2)10-8-12-28(34)20-36(32)4/h7-18H,19-22H2,1-6H3. The minimum Gasteiger partial charge on any atom is -0.370 e. The van der Waals surface area contributed by atoms with Gasteiger partial charge in [-0.15, -0.1) is 0 Å². The van der Waals surface area contributed by atoms with Crippen LogP contribution in [0.5, 0.6) is 0 Å². The summed E-state index contributed by atoms with van der Waals surface area (Å²) in [4.78, 5) is 9.64. The maximum absolute atomic E-state index is 2.42. The zero-order valence-corrected chi connectivity index (χ0v) is 23.5. The fraction of sp³-hybridized carbons (Fsp3) is 0.294. The second-order valence-corrected chi connectivity index (χ2v) is 11.3. The van der Waals surface area contributed by atoms with Crippen LogP contribution in [0.15, 0.2) is 72.8 Å². The molecule has 38 heavy (non-hydrogen) atoms. The summed E-state index contributed by atoms with van der Waals surface area (Å²) >= 11 is 0. The SMILES string of the molecule is Cc1cccc2c1N(C)Cc1cc(-c3ccc4c(c3)CN(C)c3c(C)cccc3CN4C)ccc1N(C)C2. The Bertz CT molecular complexity index is 1410. The van der Waals surface area contributed by atoms with Gasteiger partial charge in [0.2, 0.25) is 0 Å². The van der Waals surface area contributed by atoms with Gasteiger partial charge in [0, 0.05) is 77.1 Å². The van der Waals surface area contributed by atoms with E-state index in [2.05, 4.69) is 134 Å². The molecule has 194 valence electrons. The first kappa shape index (κ1) is 24.4. The third-order valence-corrected chi connectivity index (χ3v) is 8.35. The molecule has 0 amide bonds. The van der Waals surface area contributed by atoms with Crippen molar-refractivity contribution in [2.24, 2.45) is 0 Å². The highest BCUT2D eigenvalue weighted by Gasteiger charge is 2.22. The lowest BCUT2D eigenvalue weighted by Gasteiger charge is -2.34. The summed E-state index contributed by atoms with van der Waals surface area (Å²) in [6.45, 7) is 8.04. The minimum absolute atomic E-state index is 0.887. The van der Waals surface area contributed by atoms with Crippen LogP contribution in [0.2, 0.25) is 0 Å². The fourth-order valence-corrected chi connectivity index (χ4v) is 6.67. The van der Waals surface area contributed by atoms with Crippen LogP contribution >= 0.6 is 0 Å². The lowest BCUT2D eigenvalue weighted by molar-refractivity contribution is 0.832. The second kappa shape index (κ2) is 9.43. The Balaban J connectivity index is 1.37. The Morgan fingerprint density at radius 3 is 1.26 bits per heavy atom. The molecule has 0 saturated carbocycles. The average Bonchev–Trinajstić information content (AvgIpc) is 2.87. The van der Waals surface area contributed by atoms with Crippen LogP contribution in [0.3, 0.4) is 0 Å². The van der Waals surface area contributed by atoms with Crippen molar-refractivity contribution in [3.05, 3.63) is 106 Å². The molecule has 0 atom stereocenters. The van der Waals surface area contributed by atoms with E-state index in [0.29, 0.717) is 0 Å². The van der Waals surface area contributed by atoms with Crippen LogP contribution in [-0.4, -0.2) is 28.2 Å². The van der Waals surface area contributed by atoms with Gasteiger partial charge in [0.25, 0.3) is 0 Å². The molecule has 4 aromatic rings. The Morgan fingerprint density at radius 1 is 0.447 bits per heavy atom. The summed E-state index contributed by atoms with van der Waals surface area (Å²) < 4.78 is 0. The van der Waals surface area contributed by atoms with Crippen LogP contribution in [0.1, 0.15) is 33.4 Å². The van der Waals surface area contributed by atoms with Crippen molar-refractivity contribution in [1.82, 2.24) is 0 Å². The third kappa shape index (κ3) is 4.18. The molecule has 0 bridgehead atoms. The van der Waals surface area contributed by atoms with Crippen LogP contribution in [-0.2, 0) is 26.2 Å². The number of rotatable bonds is 1. The molecule has 2 heterocycles. The van der Waals surface area contributed by atoms with E-state index in [4.69, 9.17) is 0 Å². The number of nitrogens with zero attached hydrogens (tertiary/aromatic N) is 4. The number of hydrogen-bond acceptors (Lipinski definition) is 4. The summed E-state index contributed by atoms with van der Waals surface area (Å²) in [5.74, 6) is 0. The molecular formula is C34H38N4. The van der Waals surface area contributed by atoms with Crippen LogP contribution in [0.25, 0.3) is 11.1 Å². The summed E-state index contributed by atoms with van der Waals surface area (Å²) in [5, 5.41) is 0. The van der Waals surface area contributed by atoms with E-state index < -0.39 is 0 Å². The molecule has 4 aromatic carbocycles. The molecule has 4 nitrogen and oxygen atoms in total. The summed E-state index contributed by atoms with van der Waals surface area (Å²) in [5.41, 5.74) is 16.1. The lowest BCUT2D eigenvalue weighted by Crippen LogP contribution is -2.28. The van der Waals surface area contributed by atoms with Crippen LogP contribution in [0.4, 0.5) is 22.7 Å². The maximum Gasteiger partial charge on any atom is 0.0447 e. The largest absolute Gasteiger partial charge is 0.370 e. The third-order valence-electron chi connectivity index (χ3n) is 8.35. The van der Waals surface area contributed by atoms with E-state index in [1.54, 1.807) is 0 Å².